The molecule has 2 atom stereocenters. The van der Waals surface area contributed by atoms with Gasteiger partial charge < -0.3 is 20.5 Å². The van der Waals surface area contributed by atoms with E-state index in [0.717, 1.165) is 29.7 Å². The molecule has 0 spiro atoms. The van der Waals surface area contributed by atoms with Crippen LogP contribution in [-0.2, 0) is 11.2 Å². The summed E-state index contributed by atoms with van der Waals surface area (Å²) in [6.07, 6.45) is 5.41. The van der Waals surface area contributed by atoms with E-state index in [1.807, 2.05) is 55.5 Å². The van der Waals surface area contributed by atoms with Crippen LogP contribution in [0.25, 0.3) is 0 Å². The maximum atomic E-state index is 12.5. The minimum absolute atomic E-state index is 0.165. The van der Waals surface area contributed by atoms with Crippen LogP contribution in [0, 0.1) is 0 Å². The van der Waals surface area contributed by atoms with Crippen molar-refractivity contribution in [3.05, 3.63) is 59.7 Å². The van der Waals surface area contributed by atoms with Crippen LogP contribution in [-0.4, -0.2) is 25.2 Å². The lowest BCUT2D eigenvalue weighted by Crippen LogP contribution is -2.42. The van der Waals surface area contributed by atoms with E-state index in [-0.39, 0.29) is 18.1 Å². The molecule has 0 aromatic heterocycles. The Kier molecular flexibility index (Phi) is 6.93. The summed E-state index contributed by atoms with van der Waals surface area (Å²) >= 11 is 0. The number of benzene rings is 2. The van der Waals surface area contributed by atoms with E-state index >= 15 is 0 Å². The lowest BCUT2D eigenvalue weighted by Gasteiger charge is -2.20. The topological polar surface area (TPSA) is 73.6 Å². The predicted molar refractivity (Wildman–Crippen MR) is 111 cm³/mol. The summed E-state index contributed by atoms with van der Waals surface area (Å²) in [5.41, 5.74) is 8.09. The summed E-state index contributed by atoms with van der Waals surface area (Å²) in [5, 5.41) is 3.00. The molecule has 5 nitrogen and oxygen atoms in total. The third-order valence-corrected chi connectivity index (χ3v) is 5.28. The van der Waals surface area contributed by atoms with Crippen molar-refractivity contribution in [1.82, 2.24) is 5.32 Å². The van der Waals surface area contributed by atoms with Crippen molar-refractivity contribution >= 4 is 5.91 Å². The summed E-state index contributed by atoms with van der Waals surface area (Å²) in [6, 6.07) is 14.9. The third kappa shape index (κ3) is 5.26. The van der Waals surface area contributed by atoms with E-state index in [1.54, 1.807) is 7.11 Å². The molecular formula is C23H30N2O3. The van der Waals surface area contributed by atoms with Gasteiger partial charge in [-0.3, -0.25) is 4.79 Å². The molecular weight excluding hydrogens is 352 g/mol. The van der Waals surface area contributed by atoms with Gasteiger partial charge in [-0.2, -0.15) is 0 Å². The van der Waals surface area contributed by atoms with Gasteiger partial charge in [0.1, 0.15) is 0 Å². The average molecular weight is 383 g/mol. The molecule has 5 heteroatoms. The third-order valence-electron chi connectivity index (χ3n) is 5.28. The lowest BCUT2D eigenvalue weighted by molar-refractivity contribution is -0.123. The van der Waals surface area contributed by atoms with Crippen molar-refractivity contribution in [3.8, 4) is 11.5 Å². The van der Waals surface area contributed by atoms with Crippen molar-refractivity contribution in [2.45, 2.75) is 57.2 Å². The quantitative estimate of drug-likeness (QED) is 0.729. The first-order chi connectivity index (χ1) is 13.6. The molecule has 1 aliphatic rings. The zero-order valence-electron chi connectivity index (χ0n) is 16.7. The van der Waals surface area contributed by atoms with Gasteiger partial charge in [0, 0.05) is 0 Å². The first-order valence-corrected chi connectivity index (χ1v) is 10.0. The fourth-order valence-electron chi connectivity index (χ4n) is 3.60. The van der Waals surface area contributed by atoms with Crippen LogP contribution in [0.4, 0.5) is 0 Å². The van der Waals surface area contributed by atoms with Gasteiger partial charge in [0.15, 0.2) is 11.5 Å². The number of carbonyl (C=O) groups excluding carboxylic acids is 1. The molecule has 28 heavy (non-hydrogen) atoms. The van der Waals surface area contributed by atoms with Gasteiger partial charge in [-0.25, -0.2) is 0 Å². The van der Waals surface area contributed by atoms with E-state index in [9.17, 15) is 4.79 Å². The number of rotatable bonds is 8. The molecule has 1 saturated carbocycles. The molecule has 1 amide bonds. The fourth-order valence-corrected chi connectivity index (χ4v) is 3.60. The summed E-state index contributed by atoms with van der Waals surface area (Å²) in [7, 11) is 1.64. The highest BCUT2D eigenvalue weighted by Crippen LogP contribution is 2.33. The maximum Gasteiger partial charge on any atom is 0.237 e. The van der Waals surface area contributed by atoms with Crippen molar-refractivity contribution in [3.63, 3.8) is 0 Å². The van der Waals surface area contributed by atoms with Gasteiger partial charge in [-0.05, 0) is 62.3 Å². The smallest absolute Gasteiger partial charge is 0.237 e. The molecule has 0 aliphatic heterocycles. The first-order valence-electron chi connectivity index (χ1n) is 10.0. The number of ether oxygens (including phenoxy) is 2. The summed E-state index contributed by atoms with van der Waals surface area (Å²) < 4.78 is 11.6. The molecule has 3 rings (SSSR count). The number of methoxy groups -OCH3 is 1. The largest absolute Gasteiger partial charge is 0.493 e. The van der Waals surface area contributed by atoms with E-state index < -0.39 is 6.04 Å². The molecule has 2 aromatic rings. The Bertz CT molecular complexity index is 773. The zero-order valence-corrected chi connectivity index (χ0v) is 16.7. The van der Waals surface area contributed by atoms with Crippen LogP contribution < -0.4 is 20.5 Å². The zero-order chi connectivity index (χ0) is 19.9. The maximum absolute atomic E-state index is 12.5. The monoisotopic (exact) mass is 382 g/mol. The van der Waals surface area contributed by atoms with E-state index in [0.29, 0.717) is 12.2 Å². The van der Waals surface area contributed by atoms with Gasteiger partial charge in [-0.15, -0.1) is 0 Å². The van der Waals surface area contributed by atoms with Gasteiger partial charge in [0.05, 0.1) is 25.3 Å². The van der Waals surface area contributed by atoms with Gasteiger partial charge >= 0.3 is 0 Å². The highest BCUT2D eigenvalue weighted by Gasteiger charge is 2.21. The van der Waals surface area contributed by atoms with Crippen LogP contribution in [0.5, 0.6) is 11.5 Å². The number of hydrogen-bond donors (Lipinski definition) is 2. The molecule has 3 N–H and O–H groups in total. The molecule has 1 unspecified atom stereocenters. The van der Waals surface area contributed by atoms with Gasteiger partial charge in [0.2, 0.25) is 5.91 Å². The highest BCUT2D eigenvalue weighted by molar-refractivity contribution is 5.82. The van der Waals surface area contributed by atoms with Crippen LogP contribution in [0.3, 0.4) is 0 Å². The minimum Gasteiger partial charge on any atom is -0.493 e. The van der Waals surface area contributed by atoms with Crippen LogP contribution >= 0.6 is 0 Å². The Morgan fingerprint density at radius 3 is 2.54 bits per heavy atom. The molecule has 150 valence electrons. The fraction of sp³-hybridized carbons (Fsp3) is 0.435. The number of carbonyl (C=O) groups is 1. The SMILES string of the molecule is COc1cc(C(C)NC(=O)[C@@H](N)Cc2ccccc2)ccc1OC1CCCC1. The van der Waals surface area contributed by atoms with Crippen molar-refractivity contribution in [2.24, 2.45) is 5.73 Å². The van der Waals surface area contributed by atoms with Gasteiger partial charge in [-0.1, -0.05) is 36.4 Å². The highest BCUT2D eigenvalue weighted by atomic mass is 16.5. The lowest BCUT2D eigenvalue weighted by atomic mass is 10.0. The molecule has 2 aromatic carbocycles. The van der Waals surface area contributed by atoms with Crippen LogP contribution in [0.1, 0.15) is 49.8 Å². The summed E-state index contributed by atoms with van der Waals surface area (Å²) in [6.45, 7) is 1.94. The number of nitrogens with two attached hydrogens (primary N) is 1. The van der Waals surface area contributed by atoms with E-state index in [2.05, 4.69) is 5.32 Å². The molecule has 1 fully saturated rings. The van der Waals surface area contributed by atoms with Crippen LogP contribution in [0.2, 0.25) is 0 Å². The number of hydrogen-bond acceptors (Lipinski definition) is 4. The van der Waals surface area contributed by atoms with Crippen LogP contribution in [0.15, 0.2) is 48.5 Å². The Morgan fingerprint density at radius 2 is 1.86 bits per heavy atom. The van der Waals surface area contributed by atoms with E-state index in [4.69, 9.17) is 15.2 Å². The summed E-state index contributed by atoms with van der Waals surface area (Å²) in [5.74, 6) is 1.29. The Hall–Kier alpha value is -2.53. The molecule has 0 heterocycles. The molecule has 0 saturated heterocycles. The second-order valence-corrected chi connectivity index (χ2v) is 7.46. The van der Waals surface area contributed by atoms with E-state index in [1.165, 1.54) is 12.8 Å². The number of amides is 1. The standard InChI is InChI=1S/C23H30N2O3/c1-16(25-23(26)20(24)14-17-8-4-3-5-9-17)18-12-13-21(22(15-18)27-2)28-19-10-6-7-11-19/h3-5,8-9,12-13,15-16,19-20H,6-7,10-11,14,24H2,1-2H3,(H,25,26)/t16?,20-/m0/s1. The first kappa shape index (κ1) is 20.2. The Balaban J connectivity index is 1.61. The normalized spacial score (nSPS) is 16.4. The number of nitrogens with one attached hydrogen (secondary N) is 1. The second kappa shape index (κ2) is 9.60. The molecule has 0 radical (unpaired) electrons. The summed E-state index contributed by atoms with van der Waals surface area (Å²) in [4.78, 5) is 12.5. The van der Waals surface area contributed by atoms with Crippen molar-refractivity contribution in [2.75, 3.05) is 7.11 Å². The van der Waals surface area contributed by atoms with Crippen molar-refractivity contribution in [1.29, 1.82) is 0 Å². The average Bonchev–Trinajstić information content (AvgIpc) is 3.22. The predicted octanol–water partition coefficient (Wildman–Crippen LogP) is 3.76. The Labute approximate surface area is 167 Å². The van der Waals surface area contributed by atoms with Gasteiger partial charge in [0.25, 0.3) is 0 Å². The van der Waals surface area contributed by atoms with Crippen molar-refractivity contribution < 1.29 is 14.3 Å². The second-order valence-electron chi connectivity index (χ2n) is 7.46. The molecule has 1 aliphatic carbocycles. The minimum atomic E-state index is -0.586. The molecule has 0 bridgehead atoms. The Morgan fingerprint density at radius 1 is 1.14 bits per heavy atom.